The molecule has 0 radical (unpaired) electrons. The maximum atomic E-state index is 6.08. The van der Waals surface area contributed by atoms with Crippen molar-refractivity contribution in [2.75, 3.05) is 26.4 Å². The normalized spacial score (nSPS) is 21.7. The smallest absolute Gasteiger partial charge is 0.161 e. The number of rotatable bonds is 1. The summed E-state index contributed by atoms with van der Waals surface area (Å²) in [6.07, 6.45) is 1.64. The van der Waals surface area contributed by atoms with E-state index in [1.54, 1.807) is 0 Å². The summed E-state index contributed by atoms with van der Waals surface area (Å²) in [4.78, 5) is 0. The van der Waals surface area contributed by atoms with Crippen LogP contribution in [0.1, 0.15) is 46.1 Å². The lowest BCUT2D eigenvalue weighted by Gasteiger charge is -2.41. The quantitative estimate of drug-likeness (QED) is 0.638. The molecule has 0 saturated carbocycles. The van der Waals surface area contributed by atoms with E-state index in [-0.39, 0.29) is 11.2 Å². The fraction of sp³-hybridized carbons (Fsp3) is 0.684. The average Bonchev–Trinajstić information content (AvgIpc) is 2.54. The van der Waals surface area contributed by atoms with Gasteiger partial charge in [0.1, 0.15) is 0 Å². The average molecular weight is 401 g/mol. The van der Waals surface area contributed by atoms with Gasteiger partial charge < -0.3 is 18.9 Å². The van der Waals surface area contributed by atoms with Gasteiger partial charge in [-0.25, -0.2) is 0 Å². The van der Waals surface area contributed by atoms with Crippen molar-refractivity contribution in [2.45, 2.75) is 57.1 Å². The van der Waals surface area contributed by atoms with Crippen molar-refractivity contribution in [3.05, 3.63) is 23.8 Å². The fourth-order valence-electron chi connectivity index (χ4n) is 2.35. The minimum Gasteiger partial charge on any atom is -0.490 e. The SMILES string of the molecule is CC1(C)OCCCOc2ccc(CBr)cc2OCCCOC1(C)C. The first-order valence-electron chi connectivity index (χ1n) is 8.58. The molecule has 1 aliphatic rings. The first-order chi connectivity index (χ1) is 11.4. The predicted molar refractivity (Wildman–Crippen MR) is 99.4 cm³/mol. The van der Waals surface area contributed by atoms with Crippen LogP contribution in [0.3, 0.4) is 0 Å². The Hall–Kier alpha value is -0.780. The molecule has 24 heavy (non-hydrogen) atoms. The Bertz CT molecular complexity index is 528. The third-order valence-electron chi connectivity index (χ3n) is 4.63. The van der Waals surface area contributed by atoms with Gasteiger partial charge in [0.2, 0.25) is 0 Å². The van der Waals surface area contributed by atoms with Crippen LogP contribution in [0.25, 0.3) is 0 Å². The van der Waals surface area contributed by atoms with E-state index in [9.17, 15) is 0 Å². The number of hydrogen-bond donors (Lipinski definition) is 0. The van der Waals surface area contributed by atoms with E-state index >= 15 is 0 Å². The van der Waals surface area contributed by atoms with E-state index in [1.165, 1.54) is 5.56 Å². The minimum absolute atomic E-state index is 0.360. The first kappa shape index (κ1) is 19.5. The maximum Gasteiger partial charge on any atom is 0.161 e. The maximum absolute atomic E-state index is 6.08. The summed E-state index contributed by atoms with van der Waals surface area (Å²) in [5.74, 6) is 1.58. The number of fused-ring (bicyclic) bond motifs is 1. The molecule has 1 aromatic rings. The van der Waals surface area contributed by atoms with Gasteiger partial charge >= 0.3 is 0 Å². The number of halogens is 1. The molecule has 0 bridgehead atoms. The molecule has 2 rings (SSSR count). The highest BCUT2D eigenvalue weighted by Crippen LogP contribution is 2.31. The Labute approximate surface area is 153 Å². The van der Waals surface area contributed by atoms with E-state index in [0.29, 0.717) is 26.4 Å². The van der Waals surface area contributed by atoms with Crippen molar-refractivity contribution in [1.82, 2.24) is 0 Å². The van der Waals surface area contributed by atoms with E-state index < -0.39 is 0 Å². The molecule has 4 nitrogen and oxygen atoms in total. The van der Waals surface area contributed by atoms with E-state index in [1.807, 2.05) is 18.2 Å². The van der Waals surface area contributed by atoms with Gasteiger partial charge in [0.25, 0.3) is 0 Å². The highest BCUT2D eigenvalue weighted by Gasteiger charge is 2.38. The van der Waals surface area contributed by atoms with Crippen molar-refractivity contribution >= 4 is 15.9 Å². The summed E-state index contributed by atoms with van der Waals surface area (Å²) in [5.41, 5.74) is 0.445. The van der Waals surface area contributed by atoms with Crippen molar-refractivity contribution in [3.8, 4) is 11.5 Å². The molecule has 5 heteroatoms. The van der Waals surface area contributed by atoms with Crippen LogP contribution in [0.4, 0.5) is 0 Å². The molecule has 0 unspecified atom stereocenters. The molecular weight excluding hydrogens is 372 g/mol. The van der Waals surface area contributed by atoms with Crippen LogP contribution in [0.2, 0.25) is 0 Å². The molecular formula is C19H29BrO4. The summed E-state index contributed by atoms with van der Waals surface area (Å²) in [7, 11) is 0. The third kappa shape index (κ3) is 5.11. The predicted octanol–water partition coefficient (Wildman–Crippen LogP) is 4.72. The van der Waals surface area contributed by atoms with Crippen LogP contribution in [0.5, 0.6) is 11.5 Å². The van der Waals surface area contributed by atoms with Gasteiger partial charge in [-0.2, -0.15) is 0 Å². The molecule has 136 valence electrons. The Morgan fingerprint density at radius 3 is 1.92 bits per heavy atom. The van der Waals surface area contributed by atoms with Gasteiger partial charge in [0.05, 0.1) is 37.6 Å². The van der Waals surface area contributed by atoms with Gasteiger partial charge in [-0.1, -0.05) is 22.0 Å². The zero-order valence-corrected chi connectivity index (χ0v) is 16.8. The van der Waals surface area contributed by atoms with E-state index in [2.05, 4.69) is 43.6 Å². The monoisotopic (exact) mass is 400 g/mol. The van der Waals surface area contributed by atoms with E-state index in [0.717, 1.165) is 29.7 Å². The summed E-state index contributed by atoms with van der Waals surface area (Å²) in [5, 5.41) is 0.795. The molecule has 0 fully saturated rings. The zero-order chi connectivity index (χ0) is 17.6. The van der Waals surface area contributed by atoms with Crippen LogP contribution in [-0.2, 0) is 14.8 Å². The van der Waals surface area contributed by atoms with Crippen molar-refractivity contribution in [1.29, 1.82) is 0 Å². The minimum atomic E-state index is -0.362. The summed E-state index contributed by atoms with van der Waals surface area (Å²) < 4.78 is 24.0. The van der Waals surface area contributed by atoms with Crippen LogP contribution >= 0.6 is 15.9 Å². The molecule has 0 aliphatic carbocycles. The summed E-state index contributed by atoms with van der Waals surface area (Å²) in [6.45, 7) is 10.8. The first-order valence-corrected chi connectivity index (χ1v) is 9.70. The molecule has 0 aromatic heterocycles. The fourth-order valence-corrected chi connectivity index (χ4v) is 2.70. The van der Waals surface area contributed by atoms with Crippen LogP contribution in [0.15, 0.2) is 18.2 Å². The van der Waals surface area contributed by atoms with Crippen molar-refractivity contribution < 1.29 is 18.9 Å². The number of ether oxygens (including phenoxy) is 4. The van der Waals surface area contributed by atoms with Gasteiger partial charge in [-0.15, -0.1) is 0 Å². The molecule has 0 amide bonds. The number of hydrogen-bond acceptors (Lipinski definition) is 4. The second kappa shape index (κ2) is 8.54. The molecule has 0 N–H and O–H groups in total. The number of alkyl halides is 1. The summed E-state index contributed by atoms with van der Waals surface area (Å²) in [6, 6.07) is 6.05. The lowest BCUT2D eigenvalue weighted by atomic mass is 9.89. The molecule has 1 aromatic carbocycles. The Morgan fingerprint density at radius 2 is 1.38 bits per heavy atom. The standard InChI is InChI=1S/C19H29BrO4/c1-18(2)19(3,4)24-12-6-10-22-17-13-15(14-20)7-8-16(17)21-9-5-11-23-18/h7-8,13H,5-6,9-12,14H2,1-4H3. The van der Waals surface area contributed by atoms with Gasteiger partial charge in [0, 0.05) is 18.2 Å². The molecule has 0 atom stereocenters. The Balaban J connectivity index is 2.08. The van der Waals surface area contributed by atoms with Gasteiger partial charge in [-0.3, -0.25) is 0 Å². The zero-order valence-electron chi connectivity index (χ0n) is 15.2. The van der Waals surface area contributed by atoms with Crippen LogP contribution in [0, 0.1) is 0 Å². The van der Waals surface area contributed by atoms with Crippen molar-refractivity contribution in [2.24, 2.45) is 0 Å². The van der Waals surface area contributed by atoms with Crippen LogP contribution < -0.4 is 9.47 Å². The Kier molecular flexibility index (Phi) is 6.96. The molecule has 1 heterocycles. The highest BCUT2D eigenvalue weighted by atomic mass is 79.9. The number of benzene rings is 1. The topological polar surface area (TPSA) is 36.9 Å². The molecule has 0 spiro atoms. The third-order valence-corrected chi connectivity index (χ3v) is 5.28. The lowest BCUT2D eigenvalue weighted by molar-refractivity contribution is -0.178. The second-order valence-electron chi connectivity index (χ2n) is 7.04. The summed E-state index contributed by atoms with van der Waals surface area (Å²) >= 11 is 3.48. The van der Waals surface area contributed by atoms with Gasteiger partial charge in [-0.05, 0) is 45.4 Å². The molecule has 1 aliphatic heterocycles. The van der Waals surface area contributed by atoms with E-state index in [4.69, 9.17) is 18.9 Å². The van der Waals surface area contributed by atoms with Crippen molar-refractivity contribution in [3.63, 3.8) is 0 Å². The van der Waals surface area contributed by atoms with Crippen LogP contribution in [-0.4, -0.2) is 37.6 Å². The lowest BCUT2D eigenvalue weighted by Crippen LogP contribution is -2.50. The van der Waals surface area contributed by atoms with Gasteiger partial charge in [0.15, 0.2) is 11.5 Å². The Morgan fingerprint density at radius 1 is 0.833 bits per heavy atom. The largest absolute Gasteiger partial charge is 0.490 e. The highest BCUT2D eigenvalue weighted by molar-refractivity contribution is 9.08. The molecule has 0 saturated heterocycles. The second-order valence-corrected chi connectivity index (χ2v) is 7.60.